The van der Waals surface area contributed by atoms with Crippen LogP contribution in [0, 0.1) is 0 Å². The summed E-state index contributed by atoms with van der Waals surface area (Å²) in [5, 5.41) is 15.1. The van der Waals surface area contributed by atoms with Crippen molar-refractivity contribution in [1.82, 2.24) is 10.6 Å². The van der Waals surface area contributed by atoms with E-state index in [1.54, 1.807) is 0 Å². The number of alkyl carbamates (subject to hydrolysis) is 1. The number of rotatable bonds is 6. The van der Waals surface area contributed by atoms with E-state index in [1.165, 1.54) is 0 Å². The zero-order chi connectivity index (χ0) is 16.8. The second-order valence-electron chi connectivity index (χ2n) is 7.19. The fourth-order valence-electron chi connectivity index (χ4n) is 2.70. The molecule has 3 N–H and O–H groups in total. The summed E-state index contributed by atoms with van der Waals surface area (Å²) < 4.78 is 5.26. The summed E-state index contributed by atoms with van der Waals surface area (Å²) in [6.07, 6.45) is 4.30. The van der Waals surface area contributed by atoms with Crippen LogP contribution in [-0.4, -0.2) is 40.9 Å². The van der Waals surface area contributed by atoms with Gasteiger partial charge in [-0.15, -0.1) is 0 Å². The number of ether oxygens (including phenoxy) is 1. The summed E-state index contributed by atoms with van der Waals surface area (Å²) in [7, 11) is 0. The SMILES string of the molecule is CC(CCC(=O)O)NC1CCC(NC(=O)OC(C)(C)C)CC1. The molecule has 0 aliphatic heterocycles. The quantitative estimate of drug-likeness (QED) is 0.701. The van der Waals surface area contributed by atoms with E-state index in [2.05, 4.69) is 10.6 Å². The first-order valence-electron chi connectivity index (χ1n) is 8.13. The maximum Gasteiger partial charge on any atom is 0.407 e. The topological polar surface area (TPSA) is 87.7 Å². The molecule has 0 bridgehead atoms. The third-order valence-corrected chi connectivity index (χ3v) is 3.76. The minimum Gasteiger partial charge on any atom is -0.481 e. The Morgan fingerprint density at radius 1 is 1.18 bits per heavy atom. The lowest BCUT2D eigenvalue weighted by atomic mass is 9.90. The number of hydrogen-bond acceptors (Lipinski definition) is 4. The van der Waals surface area contributed by atoms with Gasteiger partial charge in [-0.3, -0.25) is 4.79 Å². The zero-order valence-electron chi connectivity index (χ0n) is 14.1. The summed E-state index contributed by atoms with van der Waals surface area (Å²) in [4.78, 5) is 22.3. The smallest absolute Gasteiger partial charge is 0.407 e. The van der Waals surface area contributed by atoms with Crippen molar-refractivity contribution >= 4 is 12.1 Å². The molecule has 0 saturated heterocycles. The van der Waals surface area contributed by atoms with E-state index in [1.807, 2.05) is 27.7 Å². The van der Waals surface area contributed by atoms with Crippen LogP contribution in [0.1, 0.15) is 66.2 Å². The maximum absolute atomic E-state index is 11.7. The molecule has 1 aliphatic carbocycles. The van der Waals surface area contributed by atoms with Gasteiger partial charge in [0.2, 0.25) is 0 Å². The Morgan fingerprint density at radius 2 is 1.73 bits per heavy atom. The van der Waals surface area contributed by atoms with Crippen molar-refractivity contribution in [1.29, 1.82) is 0 Å². The molecular weight excluding hydrogens is 284 g/mol. The monoisotopic (exact) mass is 314 g/mol. The van der Waals surface area contributed by atoms with Crippen LogP contribution in [0.2, 0.25) is 0 Å². The second-order valence-corrected chi connectivity index (χ2v) is 7.19. The molecule has 0 heterocycles. The van der Waals surface area contributed by atoms with E-state index in [0.29, 0.717) is 12.5 Å². The van der Waals surface area contributed by atoms with Gasteiger partial charge in [-0.1, -0.05) is 0 Å². The number of amides is 1. The molecule has 1 fully saturated rings. The predicted molar refractivity (Wildman–Crippen MR) is 84.9 cm³/mol. The third-order valence-electron chi connectivity index (χ3n) is 3.76. The number of nitrogens with one attached hydrogen (secondary N) is 2. The molecule has 6 heteroatoms. The van der Waals surface area contributed by atoms with Gasteiger partial charge >= 0.3 is 12.1 Å². The van der Waals surface area contributed by atoms with Gasteiger partial charge < -0.3 is 20.5 Å². The third kappa shape index (κ3) is 8.22. The van der Waals surface area contributed by atoms with Crippen molar-refractivity contribution in [2.75, 3.05) is 0 Å². The van der Waals surface area contributed by atoms with Crippen molar-refractivity contribution in [3.8, 4) is 0 Å². The number of carbonyl (C=O) groups excluding carboxylic acids is 1. The summed E-state index contributed by atoms with van der Waals surface area (Å²) in [5.74, 6) is -0.751. The van der Waals surface area contributed by atoms with Crippen LogP contribution < -0.4 is 10.6 Å². The molecule has 1 atom stereocenters. The first-order chi connectivity index (χ1) is 10.2. The average molecular weight is 314 g/mol. The van der Waals surface area contributed by atoms with Crippen LogP contribution in [0.3, 0.4) is 0 Å². The van der Waals surface area contributed by atoms with E-state index in [9.17, 15) is 9.59 Å². The Hall–Kier alpha value is -1.30. The van der Waals surface area contributed by atoms with Crippen LogP contribution in [0.15, 0.2) is 0 Å². The number of carboxylic acids is 1. The first kappa shape index (κ1) is 18.7. The molecule has 0 aromatic rings. The largest absolute Gasteiger partial charge is 0.481 e. The Balaban J connectivity index is 2.23. The van der Waals surface area contributed by atoms with Crippen LogP contribution in [-0.2, 0) is 9.53 Å². The Labute approximate surface area is 133 Å². The highest BCUT2D eigenvalue weighted by molar-refractivity contribution is 5.68. The van der Waals surface area contributed by atoms with Crippen molar-refractivity contribution in [2.45, 2.75) is 89.9 Å². The zero-order valence-corrected chi connectivity index (χ0v) is 14.1. The number of carbonyl (C=O) groups is 2. The molecule has 1 rings (SSSR count). The van der Waals surface area contributed by atoms with E-state index < -0.39 is 11.6 Å². The summed E-state index contributed by atoms with van der Waals surface area (Å²) in [6.45, 7) is 7.58. The fraction of sp³-hybridized carbons (Fsp3) is 0.875. The maximum atomic E-state index is 11.7. The van der Waals surface area contributed by atoms with Gasteiger partial charge in [0.1, 0.15) is 5.60 Å². The lowest BCUT2D eigenvalue weighted by Crippen LogP contribution is -2.45. The fourth-order valence-corrected chi connectivity index (χ4v) is 2.70. The average Bonchev–Trinajstić information content (AvgIpc) is 2.36. The van der Waals surface area contributed by atoms with E-state index >= 15 is 0 Å². The van der Waals surface area contributed by atoms with Crippen LogP contribution in [0.25, 0.3) is 0 Å². The highest BCUT2D eigenvalue weighted by Crippen LogP contribution is 2.20. The predicted octanol–water partition coefficient (Wildman–Crippen LogP) is 2.67. The Kier molecular flexibility index (Phi) is 7.13. The second kappa shape index (κ2) is 8.36. The molecule has 128 valence electrons. The van der Waals surface area contributed by atoms with Gasteiger partial charge in [0.05, 0.1) is 0 Å². The summed E-state index contributed by atoms with van der Waals surface area (Å²) in [6, 6.07) is 0.777. The molecule has 0 aromatic heterocycles. The Bertz CT molecular complexity index is 371. The van der Waals surface area contributed by atoms with Crippen molar-refractivity contribution < 1.29 is 19.4 Å². The molecule has 0 spiro atoms. The molecule has 0 radical (unpaired) electrons. The van der Waals surface area contributed by atoms with Crippen LogP contribution in [0.4, 0.5) is 4.79 Å². The van der Waals surface area contributed by atoms with Gasteiger partial charge in [-0.05, 0) is 59.8 Å². The van der Waals surface area contributed by atoms with Gasteiger partial charge in [-0.2, -0.15) is 0 Å². The van der Waals surface area contributed by atoms with Crippen LogP contribution in [0.5, 0.6) is 0 Å². The van der Waals surface area contributed by atoms with E-state index in [0.717, 1.165) is 25.7 Å². The van der Waals surface area contributed by atoms with E-state index in [4.69, 9.17) is 9.84 Å². The lowest BCUT2D eigenvalue weighted by molar-refractivity contribution is -0.137. The molecule has 1 amide bonds. The van der Waals surface area contributed by atoms with Gasteiger partial charge in [0, 0.05) is 24.5 Å². The molecule has 1 aliphatic rings. The highest BCUT2D eigenvalue weighted by Gasteiger charge is 2.25. The molecule has 6 nitrogen and oxygen atoms in total. The van der Waals surface area contributed by atoms with Gasteiger partial charge in [0.15, 0.2) is 0 Å². The normalized spacial score (nSPS) is 23.6. The highest BCUT2D eigenvalue weighted by atomic mass is 16.6. The van der Waals surface area contributed by atoms with Gasteiger partial charge in [0.25, 0.3) is 0 Å². The number of hydrogen-bond donors (Lipinski definition) is 3. The lowest BCUT2D eigenvalue weighted by Gasteiger charge is -2.32. The standard InChI is InChI=1S/C16H30N2O4/c1-11(5-10-14(19)20)17-12-6-8-13(9-7-12)18-15(21)22-16(2,3)4/h11-13,17H,5-10H2,1-4H3,(H,18,21)(H,19,20). The number of aliphatic carboxylic acids is 1. The molecular formula is C16H30N2O4. The van der Waals surface area contributed by atoms with Crippen molar-refractivity contribution in [3.05, 3.63) is 0 Å². The number of carboxylic acid groups (broad SMARTS) is 1. The van der Waals surface area contributed by atoms with E-state index in [-0.39, 0.29) is 24.6 Å². The minimum atomic E-state index is -0.751. The molecule has 0 aromatic carbocycles. The molecule has 1 saturated carbocycles. The molecule has 22 heavy (non-hydrogen) atoms. The Morgan fingerprint density at radius 3 is 2.23 bits per heavy atom. The van der Waals surface area contributed by atoms with Crippen molar-refractivity contribution in [3.63, 3.8) is 0 Å². The van der Waals surface area contributed by atoms with Gasteiger partial charge in [-0.25, -0.2) is 4.79 Å². The summed E-state index contributed by atoms with van der Waals surface area (Å²) in [5.41, 5.74) is -0.470. The minimum absolute atomic E-state index is 0.169. The van der Waals surface area contributed by atoms with Crippen molar-refractivity contribution in [2.24, 2.45) is 0 Å². The summed E-state index contributed by atoms with van der Waals surface area (Å²) >= 11 is 0. The molecule has 1 unspecified atom stereocenters. The van der Waals surface area contributed by atoms with Crippen LogP contribution >= 0.6 is 0 Å². The first-order valence-corrected chi connectivity index (χ1v) is 8.13.